The van der Waals surface area contributed by atoms with Gasteiger partial charge < -0.3 is 4.74 Å². The lowest BCUT2D eigenvalue weighted by molar-refractivity contribution is 0.479. The molecule has 2 aromatic heterocycles. The third-order valence-electron chi connectivity index (χ3n) is 5.86. The Hall–Kier alpha value is -3.11. The van der Waals surface area contributed by atoms with Crippen LogP contribution < -0.4 is 4.74 Å². The summed E-state index contributed by atoms with van der Waals surface area (Å²) >= 11 is 3.55. The summed E-state index contributed by atoms with van der Waals surface area (Å²) in [5.41, 5.74) is 4.61. The van der Waals surface area contributed by atoms with Crippen LogP contribution in [-0.2, 0) is 5.41 Å². The van der Waals surface area contributed by atoms with Crippen molar-refractivity contribution in [2.24, 2.45) is 0 Å². The van der Waals surface area contributed by atoms with Gasteiger partial charge in [0.1, 0.15) is 17.3 Å². The average Bonchev–Trinajstić information content (AvgIpc) is 3.09. The van der Waals surface area contributed by atoms with Crippen LogP contribution >= 0.6 is 15.9 Å². The Morgan fingerprint density at radius 1 is 0.844 bits per heavy atom. The zero-order valence-electron chi connectivity index (χ0n) is 18.7. The fourth-order valence-corrected chi connectivity index (χ4v) is 4.42. The van der Waals surface area contributed by atoms with E-state index in [1.807, 2.05) is 24.4 Å². The van der Waals surface area contributed by atoms with Crippen molar-refractivity contribution in [3.05, 3.63) is 94.6 Å². The van der Waals surface area contributed by atoms with Gasteiger partial charge in [0.2, 0.25) is 0 Å². The number of hydrogen-bond acceptors (Lipinski definition) is 2. The molecule has 0 amide bonds. The molecular formula is C28H25BrN2O. The molecule has 5 rings (SSSR count). The Kier molecular flexibility index (Phi) is 5.06. The summed E-state index contributed by atoms with van der Waals surface area (Å²) in [6.07, 6.45) is 1.90. The summed E-state index contributed by atoms with van der Waals surface area (Å²) in [5, 5.41) is 2.39. The van der Waals surface area contributed by atoms with E-state index in [2.05, 4.69) is 103 Å². The minimum Gasteiger partial charge on any atom is -0.457 e. The minimum absolute atomic E-state index is 0.0446. The number of aryl methyl sites for hydroxylation is 1. The van der Waals surface area contributed by atoms with Crippen molar-refractivity contribution >= 4 is 37.7 Å². The third kappa shape index (κ3) is 3.69. The predicted octanol–water partition coefficient (Wildman–Crippen LogP) is 8.34. The molecule has 2 heterocycles. The number of fused-ring (bicyclic) bond motifs is 3. The molecule has 0 fully saturated rings. The number of aromatic nitrogens is 2. The second kappa shape index (κ2) is 7.79. The van der Waals surface area contributed by atoms with E-state index in [4.69, 9.17) is 9.72 Å². The molecule has 0 atom stereocenters. The van der Waals surface area contributed by atoms with Crippen molar-refractivity contribution in [2.45, 2.75) is 33.1 Å². The topological polar surface area (TPSA) is 27.1 Å². The second-order valence-electron chi connectivity index (χ2n) is 9.20. The van der Waals surface area contributed by atoms with Gasteiger partial charge >= 0.3 is 0 Å². The highest BCUT2D eigenvalue weighted by molar-refractivity contribution is 9.10. The van der Waals surface area contributed by atoms with E-state index in [0.29, 0.717) is 0 Å². The first-order valence-electron chi connectivity index (χ1n) is 10.8. The van der Waals surface area contributed by atoms with Crippen molar-refractivity contribution < 1.29 is 4.74 Å². The Balaban J connectivity index is 1.72. The molecule has 0 aliphatic heterocycles. The van der Waals surface area contributed by atoms with Crippen molar-refractivity contribution in [1.29, 1.82) is 0 Å². The van der Waals surface area contributed by atoms with Gasteiger partial charge in [0.25, 0.3) is 0 Å². The number of para-hydroxylation sites is 1. The van der Waals surface area contributed by atoms with Crippen LogP contribution in [0.15, 0.2) is 83.5 Å². The van der Waals surface area contributed by atoms with E-state index in [0.717, 1.165) is 38.4 Å². The lowest BCUT2D eigenvalue weighted by Crippen LogP contribution is -2.12. The molecule has 0 N–H and O–H groups in total. The molecule has 5 aromatic rings. The van der Waals surface area contributed by atoms with Crippen molar-refractivity contribution in [3.63, 3.8) is 0 Å². The van der Waals surface area contributed by atoms with Gasteiger partial charge in [-0.25, -0.2) is 4.98 Å². The third-order valence-corrected chi connectivity index (χ3v) is 6.36. The monoisotopic (exact) mass is 484 g/mol. The SMILES string of the molecule is Cc1ccc(Br)cc1Oc1ccc2c3ccccc3n(-c3cc(C(C)(C)C)ccn3)c2c1. The lowest BCUT2D eigenvalue weighted by atomic mass is 9.88. The maximum Gasteiger partial charge on any atom is 0.137 e. The number of nitrogens with zero attached hydrogens (tertiary/aromatic N) is 2. The first-order chi connectivity index (χ1) is 15.3. The Morgan fingerprint density at radius 3 is 2.44 bits per heavy atom. The molecule has 3 aromatic carbocycles. The Morgan fingerprint density at radius 2 is 1.62 bits per heavy atom. The van der Waals surface area contributed by atoms with Crippen molar-refractivity contribution in [1.82, 2.24) is 9.55 Å². The van der Waals surface area contributed by atoms with Gasteiger partial charge in [-0.2, -0.15) is 0 Å². The average molecular weight is 485 g/mol. The number of ether oxygens (including phenoxy) is 1. The van der Waals surface area contributed by atoms with Crippen LogP contribution in [-0.4, -0.2) is 9.55 Å². The lowest BCUT2D eigenvalue weighted by Gasteiger charge is -2.20. The molecule has 4 heteroatoms. The molecule has 0 unspecified atom stereocenters. The van der Waals surface area contributed by atoms with Gasteiger partial charge in [-0.3, -0.25) is 4.57 Å². The fourth-order valence-electron chi connectivity index (χ4n) is 4.08. The number of hydrogen-bond donors (Lipinski definition) is 0. The number of halogens is 1. The Bertz CT molecular complexity index is 1460. The molecule has 0 saturated heterocycles. The molecule has 0 saturated carbocycles. The van der Waals surface area contributed by atoms with E-state index < -0.39 is 0 Å². The van der Waals surface area contributed by atoms with Crippen LogP contribution in [0.5, 0.6) is 11.5 Å². The molecular weight excluding hydrogens is 460 g/mol. The summed E-state index contributed by atoms with van der Waals surface area (Å²) in [4.78, 5) is 4.75. The molecule has 0 aliphatic carbocycles. The van der Waals surface area contributed by atoms with Crippen LogP contribution in [0.4, 0.5) is 0 Å². The molecule has 32 heavy (non-hydrogen) atoms. The largest absolute Gasteiger partial charge is 0.457 e. The normalized spacial score (nSPS) is 11.9. The van der Waals surface area contributed by atoms with Crippen LogP contribution in [0.25, 0.3) is 27.6 Å². The highest BCUT2D eigenvalue weighted by Crippen LogP contribution is 2.36. The van der Waals surface area contributed by atoms with Crippen LogP contribution in [0.2, 0.25) is 0 Å². The van der Waals surface area contributed by atoms with Crippen LogP contribution in [0.1, 0.15) is 31.9 Å². The predicted molar refractivity (Wildman–Crippen MR) is 136 cm³/mol. The summed E-state index contributed by atoms with van der Waals surface area (Å²) < 4.78 is 9.53. The first-order valence-corrected chi connectivity index (χ1v) is 11.5. The highest BCUT2D eigenvalue weighted by atomic mass is 79.9. The van der Waals surface area contributed by atoms with E-state index in [9.17, 15) is 0 Å². The number of rotatable bonds is 3. The zero-order chi connectivity index (χ0) is 22.5. The molecule has 0 aliphatic rings. The standard InChI is InChI=1S/C28H25BrN2O/c1-18-9-10-20(29)16-26(18)32-21-11-12-23-22-7-5-6-8-24(22)31(25(23)17-21)27-15-19(13-14-30-27)28(2,3)4/h5-17H,1-4H3. The van der Waals surface area contributed by atoms with Gasteiger partial charge in [-0.15, -0.1) is 0 Å². The molecule has 0 radical (unpaired) electrons. The molecule has 3 nitrogen and oxygen atoms in total. The van der Waals surface area contributed by atoms with Crippen LogP contribution in [0, 0.1) is 6.92 Å². The quantitative estimate of drug-likeness (QED) is 0.257. The van der Waals surface area contributed by atoms with Crippen molar-refractivity contribution in [2.75, 3.05) is 0 Å². The van der Waals surface area contributed by atoms with Gasteiger partial charge in [0, 0.05) is 27.5 Å². The van der Waals surface area contributed by atoms with Gasteiger partial charge in [-0.1, -0.05) is 61.0 Å². The summed E-state index contributed by atoms with van der Waals surface area (Å²) in [6, 6.07) is 25.1. The van der Waals surface area contributed by atoms with E-state index >= 15 is 0 Å². The second-order valence-corrected chi connectivity index (χ2v) is 10.1. The minimum atomic E-state index is 0.0446. The first kappa shape index (κ1) is 20.8. The smallest absolute Gasteiger partial charge is 0.137 e. The fraction of sp³-hybridized carbons (Fsp3) is 0.179. The van der Waals surface area contributed by atoms with Crippen LogP contribution in [0.3, 0.4) is 0 Å². The summed E-state index contributed by atoms with van der Waals surface area (Å²) in [5.74, 6) is 2.56. The van der Waals surface area contributed by atoms with E-state index in [1.165, 1.54) is 16.3 Å². The summed E-state index contributed by atoms with van der Waals surface area (Å²) in [6.45, 7) is 8.73. The molecule has 0 bridgehead atoms. The number of benzene rings is 3. The maximum atomic E-state index is 6.30. The number of pyridine rings is 1. The van der Waals surface area contributed by atoms with Gasteiger partial charge in [-0.05, 0) is 65.9 Å². The van der Waals surface area contributed by atoms with E-state index in [1.54, 1.807) is 0 Å². The van der Waals surface area contributed by atoms with Gasteiger partial charge in [0.05, 0.1) is 11.0 Å². The van der Waals surface area contributed by atoms with Gasteiger partial charge in [0.15, 0.2) is 0 Å². The highest BCUT2D eigenvalue weighted by Gasteiger charge is 2.18. The Labute approximate surface area is 196 Å². The maximum absolute atomic E-state index is 6.30. The molecule has 0 spiro atoms. The molecule has 160 valence electrons. The summed E-state index contributed by atoms with van der Waals surface area (Å²) in [7, 11) is 0. The zero-order valence-corrected chi connectivity index (χ0v) is 20.3. The van der Waals surface area contributed by atoms with E-state index in [-0.39, 0.29) is 5.41 Å². The van der Waals surface area contributed by atoms with Crippen molar-refractivity contribution in [3.8, 4) is 17.3 Å².